The van der Waals surface area contributed by atoms with Gasteiger partial charge in [0, 0.05) is 0 Å². The number of aliphatic hydroxyl groups is 3. The van der Waals surface area contributed by atoms with Crippen molar-refractivity contribution < 1.29 is 48.7 Å². The van der Waals surface area contributed by atoms with Crippen molar-refractivity contribution in [3.8, 4) is 0 Å². The fourth-order valence-corrected chi connectivity index (χ4v) is 8.12. The maximum Gasteiger partial charge on any atom is 0.343 e. The molecule has 10 nitrogen and oxygen atoms in total. The Morgan fingerprint density at radius 1 is 1.03 bits per heavy atom. The van der Waals surface area contributed by atoms with Gasteiger partial charge in [-0.15, -0.1) is 0 Å². The zero-order valence-electron chi connectivity index (χ0n) is 16.9. The van der Waals surface area contributed by atoms with Gasteiger partial charge in [0.2, 0.25) is 11.9 Å². The van der Waals surface area contributed by atoms with Crippen LogP contribution >= 0.6 is 0 Å². The highest BCUT2D eigenvalue weighted by Gasteiger charge is 3.03. The second kappa shape index (κ2) is 4.69. The van der Waals surface area contributed by atoms with Gasteiger partial charge in [-0.05, 0) is 24.7 Å². The summed E-state index contributed by atoms with van der Waals surface area (Å²) < 4.78 is 22.5. The van der Waals surface area contributed by atoms with Gasteiger partial charge in [0.25, 0.3) is 0 Å². The van der Waals surface area contributed by atoms with Gasteiger partial charge in [-0.1, -0.05) is 20.8 Å². The monoisotopic (exact) mass is 424 g/mol. The second-order valence-corrected chi connectivity index (χ2v) is 10.7. The Hall–Kier alpha value is -1.75. The molecule has 164 valence electrons. The Bertz CT molecular complexity index is 925. The van der Waals surface area contributed by atoms with Crippen molar-refractivity contribution in [2.75, 3.05) is 0 Å². The van der Waals surface area contributed by atoms with Crippen molar-refractivity contribution in [3.63, 3.8) is 0 Å². The fourth-order valence-electron chi connectivity index (χ4n) is 8.12. The van der Waals surface area contributed by atoms with Crippen molar-refractivity contribution in [1.82, 2.24) is 0 Å². The Balaban J connectivity index is 1.72. The minimum absolute atomic E-state index is 0.229. The maximum absolute atomic E-state index is 13.4. The summed E-state index contributed by atoms with van der Waals surface area (Å²) in [5, 5.41) is 34.7. The number of aliphatic hydroxyl groups excluding tert-OH is 2. The van der Waals surface area contributed by atoms with E-state index >= 15 is 0 Å². The minimum Gasteiger partial charge on any atom is -0.459 e. The van der Waals surface area contributed by atoms with E-state index in [2.05, 4.69) is 0 Å². The van der Waals surface area contributed by atoms with Crippen LogP contribution in [0.25, 0.3) is 0 Å². The molecule has 0 bridgehead atoms. The van der Waals surface area contributed by atoms with Crippen LogP contribution in [0, 0.1) is 28.1 Å². The van der Waals surface area contributed by atoms with Gasteiger partial charge in [-0.2, -0.15) is 0 Å². The van der Waals surface area contributed by atoms with E-state index in [9.17, 15) is 29.7 Å². The lowest BCUT2D eigenvalue weighted by Gasteiger charge is -2.47. The number of hydrogen-bond acceptors (Lipinski definition) is 10. The van der Waals surface area contributed by atoms with E-state index in [1.807, 2.05) is 20.8 Å². The van der Waals surface area contributed by atoms with Gasteiger partial charge in [-0.3, -0.25) is 4.79 Å². The summed E-state index contributed by atoms with van der Waals surface area (Å²) >= 11 is 0. The third kappa shape index (κ3) is 1.33. The maximum atomic E-state index is 13.4. The number of hydrogen-bond donors (Lipinski definition) is 3. The average molecular weight is 424 g/mol. The normalized spacial score (nSPS) is 60.1. The van der Waals surface area contributed by atoms with E-state index in [0.717, 1.165) is 0 Å². The van der Waals surface area contributed by atoms with Crippen molar-refractivity contribution >= 4 is 17.9 Å². The van der Waals surface area contributed by atoms with Crippen molar-refractivity contribution in [2.45, 2.75) is 76.0 Å². The summed E-state index contributed by atoms with van der Waals surface area (Å²) in [6, 6.07) is 0. The molecular formula is C20H24O10. The molecule has 2 aliphatic carbocycles. The van der Waals surface area contributed by atoms with Crippen molar-refractivity contribution in [2.24, 2.45) is 28.1 Å². The Morgan fingerprint density at radius 2 is 1.70 bits per heavy atom. The molecule has 0 aromatic heterocycles. The third-order valence-electron chi connectivity index (χ3n) is 9.00. The van der Waals surface area contributed by atoms with Gasteiger partial charge >= 0.3 is 17.9 Å². The number of ether oxygens (including phenoxy) is 4. The molecule has 4 aliphatic heterocycles. The van der Waals surface area contributed by atoms with Gasteiger partial charge in [-0.25, -0.2) is 9.59 Å². The quantitative estimate of drug-likeness (QED) is 0.314. The first-order valence-corrected chi connectivity index (χ1v) is 10.2. The molecule has 6 aliphatic rings. The molecule has 0 aromatic rings. The highest BCUT2D eigenvalue weighted by molar-refractivity contribution is 5.94. The molecule has 4 saturated heterocycles. The molecule has 4 heterocycles. The molecule has 6 fully saturated rings. The van der Waals surface area contributed by atoms with Gasteiger partial charge in [0.05, 0.1) is 16.7 Å². The van der Waals surface area contributed by atoms with E-state index in [4.69, 9.17) is 18.9 Å². The van der Waals surface area contributed by atoms with Crippen LogP contribution in [0.1, 0.15) is 34.1 Å². The number of fused-ring (bicyclic) bond motifs is 1. The Labute approximate surface area is 171 Å². The lowest BCUT2D eigenvalue weighted by Crippen LogP contribution is -2.67. The van der Waals surface area contributed by atoms with Gasteiger partial charge in [0.15, 0.2) is 17.8 Å². The molecular weight excluding hydrogens is 400 g/mol. The topological polar surface area (TPSA) is 149 Å². The number of carbonyl (C=O) groups excluding carboxylic acids is 3. The SMILES string of the molecule is C[C@@H]1C(=O)O[C@@H]2[C@H](O)[C@]34[C@H]5C[C@@H](C(C)(C)C)[C@]36[C@@H](OC(=O)[C@@H]6O)O[C@@]4(C(=O)O5)[C@@]12O. The molecule has 2 spiro atoms. The number of esters is 3. The molecule has 30 heavy (non-hydrogen) atoms. The fraction of sp³-hybridized carbons (Fsp3) is 0.850. The molecule has 6 rings (SSSR count). The second-order valence-electron chi connectivity index (χ2n) is 10.7. The first-order valence-electron chi connectivity index (χ1n) is 10.2. The van der Waals surface area contributed by atoms with Crippen LogP contribution in [0.2, 0.25) is 0 Å². The Kier molecular flexibility index (Phi) is 2.97. The standard InChI is InChI=1S/C20H24O10/c1-6-12(23)28-11-9(21)18-8-5-7(16(2,3)4)17(18)10(22)13(24)29-15(17)30-20(18,14(25)27-8)19(6,11)26/h6-11,15,21-22,26H,5H2,1-4H3/t6-,7+,8-,9+,10+,11-,15+,17+,18-,19-,20-/m1/s1. The largest absolute Gasteiger partial charge is 0.459 e. The average Bonchev–Trinajstić information content (AvgIpc) is 3.35. The van der Waals surface area contributed by atoms with Crippen LogP contribution in [0.5, 0.6) is 0 Å². The van der Waals surface area contributed by atoms with E-state index in [0.29, 0.717) is 0 Å². The molecule has 10 heteroatoms. The third-order valence-corrected chi connectivity index (χ3v) is 9.00. The van der Waals surface area contributed by atoms with Crippen LogP contribution < -0.4 is 0 Å². The molecule has 0 radical (unpaired) electrons. The lowest BCUT2D eigenvalue weighted by molar-refractivity contribution is -0.239. The highest BCUT2D eigenvalue weighted by Crippen LogP contribution is 2.84. The van der Waals surface area contributed by atoms with Crippen molar-refractivity contribution in [3.05, 3.63) is 0 Å². The summed E-state index contributed by atoms with van der Waals surface area (Å²) in [4.78, 5) is 38.2. The van der Waals surface area contributed by atoms with E-state index in [1.54, 1.807) is 0 Å². The molecule has 2 saturated carbocycles. The van der Waals surface area contributed by atoms with Crippen LogP contribution in [0.4, 0.5) is 0 Å². The van der Waals surface area contributed by atoms with Crippen LogP contribution in [-0.4, -0.2) is 75.1 Å². The smallest absolute Gasteiger partial charge is 0.343 e. The van der Waals surface area contributed by atoms with Crippen molar-refractivity contribution in [1.29, 1.82) is 0 Å². The number of carbonyl (C=O) groups is 3. The predicted molar refractivity (Wildman–Crippen MR) is 92.0 cm³/mol. The number of rotatable bonds is 0. The van der Waals surface area contributed by atoms with E-state index < -0.39 is 87.9 Å². The van der Waals surface area contributed by atoms with Crippen LogP contribution in [0.3, 0.4) is 0 Å². The van der Waals surface area contributed by atoms with Crippen LogP contribution in [0.15, 0.2) is 0 Å². The lowest BCUT2D eigenvalue weighted by atomic mass is 9.51. The van der Waals surface area contributed by atoms with E-state index in [1.165, 1.54) is 6.92 Å². The summed E-state index contributed by atoms with van der Waals surface area (Å²) in [6.45, 7) is 7.14. The molecule has 0 unspecified atom stereocenters. The van der Waals surface area contributed by atoms with Crippen LogP contribution in [-0.2, 0) is 33.3 Å². The summed E-state index contributed by atoms with van der Waals surface area (Å²) in [5.74, 6) is -4.32. The van der Waals surface area contributed by atoms with Gasteiger partial charge < -0.3 is 34.3 Å². The first kappa shape index (κ1) is 19.0. The highest BCUT2D eigenvalue weighted by atomic mass is 16.8. The Morgan fingerprint density at radius 3 is 2.33 bits per heavy atom. The predicted octanol–water partition coefficient (Wildman–Crippen LogP) is -1.37. The zero-order valence-corrected chi connectivity index (χ0v) is 16.9. The minimum atomic E-state index is -2.24. The summed E-state index contributed by atoms with van der Waals surface area (Å²) in [7, 11) is 0. The summed E-state index contributed by atoms with van der Waals surface area (Å²) in [5.41, 5.74) is -8.26. The summed E-state index contributed by atoms with van der Waals surface area (Å²) in [6.07, 6.45) is -6.91. The molecule has 0 aromatic carbocycles. The first-order chi connectivity index (χ1) is 13.8. The molecule has 11 atom stereocenters. The molecule has 0 amide bonds. The molecule has 3 N–H and O–H groups in total. The van der Waals surface area contributed by atoms with Gasteiger partial charge in [0.1, 0.15) is 12.2 Å². The zero-order chi connectivity index (χ0) is 21.8. The van der Waals surface area contributed by atoms with E-state index in [-0.39, 0.29) is 6.42 Å².